The molecule has 0 radical (unpaired) electrons. The summed E-state index contributed by atoms with van der Waals surface area (Å²) in [6.07, 6.45) is 2.87. The van der Waals surface area contributed by atoms with E-state index >= 15 is 0 Å². The highest BCUT2D eigenvalue weighted by Gasteiger charge is 2.25. The van der Waals surface area contributed by atoms with Crippen molar-refractivity contribution in [3.05, 3.63) is 59.7 Å². The molecule has 2 aromatic rings. The lowest BCUT2D eigenvalue weighted by Crippen LogP contribution is -2.28. The number of carbonyl (C=O) groups excluding carboxylic acids is 3. The Kier molecular flexibility index (Phi) is 6.84. The summed E-state index contributed by atoms with van der Waals surface area (Å²) in [5.74, 6) is -0.862. The Hall–Kier alpha value is -3.35. The third-order valence-corrected chi connectivity index (χ3v) is 4.41. The van der Waals surface area contributed by atoms with Crippen molar-refractivity contribution < 1.29 is 23.9 Å². The van der Waals surface area contributed by atoms with Gasteiger partial charge in [0.05, 0.1) is 11.3 Å². The monoisotopic (exact) mass is 396 g/mol. The second-order valence-electron chi connectivity index (χ2n) is 6.79. The zero-order valence-corrected chi connectivity index (χ0v) is 16.3. The molecule has 29 heavy (non-hydrogen) atoms. The summed E-state index contributed by atoms with van der Waals surface area (Å²) in [5, 5.41) is 5.49. The van der Waals surface area contributed by atoms with Crippen LogP contribution in [0, 0.1) is 0 Å². The minimum atomic E-state index is -0.653. The molecule has 2 aromatic carbocycles. The Morgan fingerprint density at radius 1 is 1.00 bits per heavy atom. The number of ether oxygens (including phenoxy) is 2. The van der Waals surface area contributed by atoms with Crippen molar-refractivity contribution in [1.29, 1.82) is 0 Å². The van der Waals surface area contributed by atoms with Crippen LogP contribution in [-0.2, 0) is 20.7 Å². The van der Waals surface area contributed by atoms with Gasteiger partial charge >= 0.3 is 5.97 Å². The molecule has 0 unspecified atom stereocenters. The first-order valence-electron chi connectivity index (χ1n) is 9.62. The third-order valence-electron chi connectivity index (χ3n) is 4.41. The van der Waals surface area contributed by atoms with Gasteiger partial charge in [0.2, 0.25) is 0 Å². The maximum absolute atomic E-state index is 12.3. The minimum Gasteiger partial charge on any atom is -0.482 e. The Labute approximate surface area is 169 Å². The number of para-hydroxylation sites is 1. The van der Waals surface area contributed by atoms with Crippen LogP contribution in [0.25, 0.3) is 0 Å². The van der Waals surface area contributed by atoms with E-state index in [1.54, 1.807) is 36.4 Å². The zero-order chi connectivity index (χ0) is 20.6. The minimum absolute atomic E-state index is 0.213. The molecule has 0 atom stereocenters. The quantitative estimate of drug-likeness (QED) is 0.636. The number of rotatable bonds is 9. The SMILES string of the molecule is CCc1ccc(OCC(=O)OCC(=O)Nc2ccccc2C(=O)NC2CC2)cc1. The van der Waals surface area contributed by atoms with E-state index in [0.29, 0.717) is 17.0 Å². The predicted molar refractivity (Wildman–Crippen MR) is 108 cm³/mol. The smallest absolute Gasteiger partial charge is 0.344 e. The van der Waals surface area contributed by atoms with E-state index in [4.69, 9.17) is 9.47 Å². The number of carbonyl (C=O) groups is 3. The van der Waals surface area contributed by atoms with Crippen molar-refractivity contribution in [2.45, 2.75) is 32.2 Å². The Bertz CT molecular complexity index is 875. The van der Waals surface area contributed by atoms with Crippen LogP contribution in [0.4, 0.5) is 5.69 Å². The molecule has 7 heteroatoms. The van der Waals surface area contributed by atoms with Crippen molar-refractivity contribution in [1.82, 2.24) is 5.32 Å². The summed E-state index contributed by atoms with van der Waals surface area (Å²) in [5.41, 5.74) is 1.92. The van der Waals surface area contributed by atoms with E-state index < -0.39 is 18.5 Å². The van der Waals surface area contributed by atoms with E-state index in [-0.39, 0.29) is 18.6 Å². The van der Waals surface area contributed by atoms with E-state index in [9.17, 15) is 14.4 Å². The van der Waals surface area contributed by atoms with Gasteiger partial charge in [0.1, 0.15) is 5.75 Å². The number of amides is 2. The fourth-order valence-electron chi connectivity index (χ4n) is 2.62. The van der Waals surface area contributed by atoms with Crippen LogP contribution in [0.2, 0.25) is 0 Å². The molecule has 3 rings (SSSR count). The lowest BCUT2D eigenvalue weighted by molar-refractivity contribution is -0.149. The van der Waals surface area contributed by atoms with E-state index in [2.05, 4.69) is 17.6 Å². The van der Waals surface area contributed by atoms with Crippen LogP contribution < -0.4 is 15.4 Å². The second kappa shape index (κ2) is 9.73. The third kappa shape index (κ3) is 6.34. The predicted octanol–water partition coefficient (Wildman–Crippen LogP) is 2.70. The molecule has 0 spiro atoms. The van der Waals surface area contributed by atoms with Crippen molar-refractivity contribution in [3.63, 3.8) is 0 Å². The van der Waals surface area contributed by atoms with Gasteiger partial charge < -0.3 is 20.1 Å². The number of anilines is 1. The molecule has 0 heterocycles. The van der Waals surface area contributed by atoms with Gasteiger partial charge in [-0.3, -0.25) is 9.59 Å². The van der Waals surface area contributed by atoms with Crippen LogP contribution in [0.5, 0.6) is 5.75 Å². The van der Waals surface area contributed by atoms with Crippen LogP contribution in [0.1, 0.15) is 35.7 Å². The molecule has 152 valence electrons. The van der Waals surface area contributed by atoms with E-state index in [1.807, 2.05) is 12.1 Å². The number of benzene rings is 2. The average molecular weight is 396 g/mol. The van der Waals surface area contributed by atoms with Crippen LogP contribution in [0.3, 0.4) is 0 Å². The molecule has 0 aromatic heterocycles. The Morgan fingerprint density at radius 2 is 1.72 bits per heavy atom. The molecule has 0 bridgehead atoms. The highest BCUT2D eigenvalue weighted by Crippen LogP contribution is 2.21. The van der Waals surface area contributed by atoms with E-state index in [0.717, 1.165) is 19.3 Å². The van der Waals surface area contributed by atoms with Crippen LogP contribution >= 0.6 is 0 Å². The van der Waals surface area contributed by atoms with Crippen molar-refractivity contribution in [2.75, 3.05) is 18.5 Å². The van der Waals surface area contributed by atoms with Gasteiger partial charge in [0.15, 0.2) is 13.2 Å². The van der Waals surface area contributed by atoms with Crippen molar-refractivity contribution in [2.24, 2.45) is 0 Å². The van der Waals surface area contributed by atoms with Gasteiger partial charge in [-0.15, -0.1) is 0 Å². The second-order valence-corrected chi connectivity index (χ2v) is 6.79. The fourth-order valence-corrected chi connectivity index (χ4v) is 2.62. The maximum atomic E-state index is 12.3. The molecule has 1 aliphatic rings. The molecule has 2 N–H and O–H groups in total. The van der Waals surface area contributed by atoms with Crippen molar-refractivity contribution in [3.8, 4) is 5.75 Å². The highest BCUT2D eigenvalue weighted by molar-refractivity contribution is 6.04. The molecule has 1 fully saturated rings. The molecular formula is C22H24N2O5. The molecule has 7 nitrogen and oxygen atoms in total. The topological polar surface area (TPSA) is 93.7 Å². The first-order valence-corrected chi connectivity index (χ1v) is 9.62. The van der Waals surface area contributed by atoms with Gasteiger partial charge in [0.25, 0.3) is 11.8 Å². The molecule has 1 saturated carbocycles. The number of nitrogens with one attached hydrogen (secondary N) is 2. The van der Waals surface area contributed by atoms with Crippen LogP contribution in [-0.4, -0.2) is 37.0 Å². The number of hydrogen-bond acceptors (Lipinski definition) is 5. The number of aryl methyl sites for hydroxylation is 1. The standard InChI is InChI=1S/C22H24N2O5/c1-2-15-7-11-17(12-8-15)28-14-21(26)29-13-20(25)24-19-6-4-3-5-18(19)22(27)23-16-9-10-16/h3-8,11-12,16H,2,9-10,13-14H2,1H3,(H,23,27)(H,24,25). The highest BCUT2D eigenvalue weighted by atomic mass is 16.6. The summed E-state index contributed by atoms with van der Waals surface area (Å²) >= 11 is 0. The lowest BCUT2D eigenvalue weighted by atomic mass is 10.1. The van der Waals surface area contributed by atoms with Gasteiger partial charge in [-0.05, 0) is 49.1 Å². The summed E-state index contributed by atoms with van der Waals surface area (Å²) in [6.45, 7) is 1.30. The first-order chi connectivity index (χ1) is 14.0. The molecule has 1 aliphatic carbocycles. The molecule has 0 aliphatic heterocycles. The molecular weight excluding hydrogens is 372 g/mol. The first kappa shape index (κ1) is 20.4. The van der Waals surface area contributed by atoms with Gasteiger partial charge in [0, 0.05) is 6.04 Å². The summed E-state index contributed by atoms with van der Waals surface area (Å²) in [7, 11) is 0. The maximum Gasteiger partial charge on any atom is 0.344 e. The fraction of sp³-hybridized carbons (Fsp3) is 0.318. The zero-order valence-electron chi connectivity index (χ0n) is 16.3. The van der Waals surface area contributed by atoms with Gasteiger partial charge in [-0.1, -0.05) is 31.2 Å². The number of esters is 1. The largest absolute Gasteiger partial charge is 0.482 e. The average Bonchev–Trinajstić information content (AvgIpc) is 3.55. The normalized spacial score (nSPS) is 12.7. The Morgan fingerprint density at radius 3 is 2.41 bits per heavy atom. The van der Waals surface area contributed by atoms with Crippen LogP contribution in [0.15, 0.2) is 48.5 Å². The van der Waals surface area contributed by atoms with E-state index in [1.165, 1.54) is 5.56 Å². The molecule has 2 amide bonds. The van der Waals surface area contributed by atoms with Gasteiger partial charge in [-0.2, -0.15) is 0 Å². The Balaban J connectivity index is 1.44. The van der Waals surface area contributed by atoms with Crippen molar-refractivity contribution >= 4 is 23.5 Å². The van der Waals surface area contributed by atoms with Gasteiger partial charge in [-0.25, -0.2) is 4.79 Å². The molecule has 0 saturated heterocycles. The summed E-state index contributed by atoms with van der Waals surface area (Å²) in [4.78, 5) is 36.2. The summed E-state index contributed by atoms with van der Waals surface area (Å²) in [6, 6.07) is 14.3. The lowest BCUT2D eigenvalue weighted by Gasteiger charge is -2.11. The number of hydrogen-bond donors (Lipinski definition) is 2. The summed E-state index contributed by atoms with van der Waals surface area (Å²) < 4.78 is 10.3.